The Labute approximate surface area is 182 Å². The minimum absolute atomic E-state index is 0.000606. The molecule has 0 saturated heterocycles. The molecule has 0 unspecified atom stereocenters. The average molecular weight is 425 g/mol. The highest BCUT2D eigenvalue weighted by atomic mass is 16.5. The predicted molar refractivity (Wildman–Crippen MR) is 123 cm³/mol. The number of aromatic hydroxyl groups is 1. The predicted octanol–water partition coefficient (Wildman–Crippen LogP) is 3.68. The van der Waals surface area contributed by atoms with Gasteiger partial charge in [0.15, 0.2) is 0 Å². The van der Waals surface area contributed by atoms with Crippen LogP contribution in [0.1, 0.15) is 42.9 Å². The maximum atomic E-state index is 11.5. The number of aromatic amines is 1. The number of nitrogens with one attached hydrogen (secondary N) is 2. The number of aliphatic hydroxyl groups excluding tert-OH is 1. The molecule has 0 aliphatic carbocycles. The molecule has 1 atom stereocenters. The van der Waals surface area contributed by atoms with Crippen molar-refractivity contribution >= 4 is 10.9 Å². The molecule has 0 spiro atoms. The number of benzene rings is 2. The Kier molecular flexibility index (Phi) is 9.09. The summed E-state index contributed by atoms with van der Waals surface area (Å²) >= 11 is 0. The van der Waals surface area contributed by atoms with Crippen molar-refractivity contribution in [3.05, 3.63) is 76.1 Å². The van der Waals surface area contributed by atoms with E-state index < -0.39 is 6.10 Å². The summed E-state index contributed by atoms with van der Waals surface area (Å²) in [6, 6.07) is 16.6. The van der Waals surface area contributed by atoms with Crippen molar-refractivity contribution in [3.8, 4) is 5.75 Å². The van der Waals surface area contributed by atoms with Crippen LogP contribution < -0.4 is 10.9 Å². The van der Waals surface area contributed by atoms with E-state index in [1.54, 1.807) is 12.1 Å². The van der Waals surface area contributed by atoms with Crippen molar-refractivity contribution < 1.29 is 14.9 Å². The molecule has 2 aromatic carbocycles. The molecule has 166 valence electrons. The zero-order valence-electron chi connectivity index (χ0n) is 17.8. The Morgan fingerprint density at radius 3 is 2.58 bits per heavy atom. The first-order valence-electron chi connectivity index (χ1n) is 11.0. The van der Waals surface area contributed by atoms with E-state index in [2.05, 4.69) is 34.6 Å². The number of phenols is 1. The normalized spacial score (nSPS) is 12.3. The van der Waals surface area contributed by atoms with Crippen LogP contribution in [-0.2, 0) is 11.2 Å². The molecule has 4 N–H and O–H groups in total. The summed E-state index contributed by atoms with van der Waals surface area (Å²) in [6.07, 6.45) is 4.60. The number of unbranched alkanes of at least 4 members (excludes halogenated alkanes) is 3. The molecule has 1 heterocycles. The minimum atomic E-state index is -0.716. The maximum Gasteiger partial charge on any atom is 0.248 e. The zero-order valence-corrected chi connectivity index (χ0v) is 17.8. The first kappa shape index (κ1) is 23.0. The fourth-order valence-electron chi connectivity index (χ4n) is 3.64. The Balaban J connectivity index is 1.26. The molecule has 0 radical (unpaired) electrons. The van der Waals surface area contributed by atoms with Gasteiger partial charge in [-0.1, -0.05) is 49.2 Å². The number of rotatable bonds is 13. The molecule has 0 aliphatic heterocycles. The van der Waals surface area contributed by atoms with Crippen LogP contribution in [-0.4, -0.2) is 41.5 Å². The van der Waals surface area contributed by atoms with Crippen molar-refractivity contribution in [3.63, 3.8) is 0 Å². The van der Waals surface area contributed by atoms with Crippen LogP contribution >= 0.6 is 0 Å². The molecular formula is C25H32N2O4. The molecule has 6 heteroatoms. The van der Waals surface area contributed by atoms with Crippen molar-refractivity contribution in [2.75, 3.05) is 26.3 Å². The second-order valence-electron chi connectivity index (χ2n) is 7.77. The SMILES string of the molecule is O=c1ccc2c([C@@H](O)CNCCCCCCOCCc3ccccc3)ccc(O)c2[nH]1. The molecular weight excluding hydrogens is 392 g/mol. The van der Waals surface area contributed by atoms with E-state index >= 15 is 0 Å². The van der Waals surface area contributed by atoms with Gasteiger partial charge in [-0.15, -0.1) is 0 Å². The summed E-state index contributed by atoms with van der Waals surface area (Å²) < 4.78 is 5.71. The maximum absolute atomic E-state index is 11.5. The third kappa shape index (κ3) is 7.21. The highest BCUT2D eigenvalue weighted by molar-refractivity contribution is 5.87. The number of ether oxygens (including phenoxy) is 1. The lowest BCUT2D eigenvalue weighted by Crippen LogP contribution is -2.22. The molecule has 0 aliphatic rings. The Morgan fingerprint density at radius 1 is 0.935 bits per heavy atom. The summed E-state index contributed by atoms with van der Waals surface area (Å²) in [5.41, 5.74) is 2.07. The van der Waals surface area contributed by atoms with Gasteiger partial charge in [-0.05, 0) is 49.1 Å². The molecule has 6 nitrogen and oxygen atoms in total. The molecule has 3 aromatic rings. The van der Waals surface area contributed by atoms with E-state index in [1.165, 1.54) is 17.7 Å². The highest BCUT2D eigenvalue weighted by Crippen LogP contribution is 2.28. The van der Waals surface area contributed by atoms with E-state index in [9.17, 15) is 15.0 Å². The summed E-state index contributed by atoms with van der Waals surface area (Å²) in [7, 11) is 0. The van der Waals surface area contributed by atoms with Crippen LogP contribution in [0, 0.1) is 0 Å². The topological polar surface area (TPSA) is 94.6 Å². The van der Waals surface area contributed by atoms with Crippen LogP contribution in [0.25, 0.3) is 10.9 Å². The number of hydrogen-bond acceptors (Lipinski definition) is 5. The minimum Gasteiger partial charge on any atom is -0.506 e. The van der Waals surface area contributed by atoms with Crippen molar-refractivity contribution in [2.24, 2.45) is 0 Å². The van der Waals surface area contributed by atoms with Gasteiger partial charge in [0.1, 0.15) is 5.75 Å². The van der Waals surface area contributed by atoms with E-state index in [4.69, 9.17) is 4.74 Å². The van der Waals surface area contributed by atoms with Crippen LogP contribution in [0.5, 0.6) is 5.75 Å². The van der Waals surface area contributed by atoms with Crippen LogP contribution in [0.4, 0.5) is 0 Å². The number of H-pyrrole nitrogens is 1. The van der Waals surface area contributed by atoms with Gasteiger partial charge in [0.25, 0.3) is 0 Å². The second-order valence-corrected chi connectivity index (χ2v) is 7.77. The van der Waals surface area contributed by atoms with Crippen LogP contribution in [0.15, 0.2) is 59.4 Å². The highest BCUT2D eigenvalue weighted by Gasteiger charge is 2.13. The molecule has 3 rings (SSSR count). The van der Waals surface area contributed by atoms with E-state index in [-0.39, 0.29) is 11.3 Å². The van der Waals surface area contributed by atoms with Gasteiger partial charge >= 0.3 is 0 Å². The lowest BCUT2D eigenvalue weighted by atomic mass is 10.0. The third-order valence-electron chi connectivity index (χ3n) is 5.37. The van der Waals surface area contributed by atoms with Gasteiger partial charge in [0, 0.05) is 24.6 Å². The average Bonchev–Trinajstić information content (AvgIpc) is 2.78. The summed E-state index contributed by atoms with van der Waals surface area (Å²) in [6.45, 7) is 2.82. The first-order chi connectivity index (χ1) is 15.1. The Morgan fingerprint density at radius 2 is 1.74 bits per heavy atom. The first-order valence-corrected chi connectivity index (χ1v) is 11.0. The van der Waals surface area contributed by atoms with Crippen LogP contribution in [0.3, 0.4) is 0 Å². The van der Waals surface area contributed by atoms with Gasteiger partial charge in [-0.3, -0.25) is 4.79 Å². The number of hydrogen-bond donors (Lipinski definition) is 4. The molecule has 31 heavy (non-hydrogen) atoms. The number of aromatic nitrogens is 1. The van der Waals surface area contributed by atoms with Gasteiger partial charge in [-0.2, -0.15) is 0 Å². The lowest BCUT2D eigenvalue weighted by molar-refractivity contribution is 0.133. The second kappa shape index (κ2) is 12.2. The number of pyridine rings is 1. The van der Waals surface area contributed by atoms with Crippen LogP contribution in [0.2, 0.25) is 0 Å². The van der Waals surface area contributed by atoms with E-state index in [0.717, 1.165) is 51.9 Å². The number of phenolic OH excluding ortho intramolecular Hbond substituents is 1. The third-order valence-corrected chi connectivity index (χ3v) is 5.37. The smallest absolute Gasteiger partial charge is 0.248 e. The fourth-order valence-corrected chi connectivity index (χ4v) is 3.64. The van der Waals surface area contributed by atoms with Crippen molar-refractivity contribution in [2.45, 2.75) is 38.2 Å². The van der Waals surface area contributed by atoms with Gasteiger partial charge in [-0.25, -0.2) is 0 Å². The summed E-state index contributed by atoms with van der Waals surface area (Å²) in [5.74, 6) is 0.000606. The molecule has 1 aromatic heterocycles. The van der Waals surface area contributed by atoms with Gasteiger partial charge in [0.2, 0.25) is 5.56 Å². The molecule has 0 fully saturated rings. The van der Waals surface area contributed by atoms with E-state index in [1.807, 2.05) is 6.07 Å². The van der Waals surface area contributed by atoms with Gasteiger partial charge < -0.3 is 25.3 Å². The molecule has 0 saturated carbocycles. The number of aliphatic hydroxyl groups is 1. The largest absolute Gasteiger partial charge is 0.506 e. The molecule has 0 bridgehead atoms. The fraction of sp³-hybridized carbons (Fsp3) is 0.400. The quantitative estimate of drug-likeness (QED) is 0.314. The standard InChI is InChI=1S/C25H32N2O4/c28-22-12-10-20(21-11-13-24(30)27-25(21)22)23(29)18-26-15-6-1-2-7-16-31-17-14-19-8-4-3-5-9-19/h3-5,8-13,23,26,28-29H,1-2,6-7,14-18H2,(H,27,30)/t23-/m0/s1. The molecule has 0 amide bonds. The van der Waals surface area contributed by atoms with Crippen molar-refractivity contribution in [1.82, 2.24) is 10.3 Å². The zero-order chi connectivity index (χ0) is 21.9. The van der Waals surface area contributed by atoms with E-state index in [0.29, 0.717) is 23.0 Å². The summed E-state index contributed by atoms with van der Waals surface area (Å²) in [5, 5.41) is 24.4. The monoisotopic (exact) mass is 424 g/mol. The van der Waals surface area contributed by atoms with Gasteiger partial charge in [0.05, 0.1) is 18.2 Å². The number of fused-ring (bicyclic) bond motifs is 1. The lowest BCUT2D eigenvalue weighted by Gasteiger charge is -2.15. The van der Waals surface area contributed by atoms with Crippen molar-refractivity contribution in [1.29, 1.82) is 0 Å². The Hall–Kier alpha value is -2.67. The Bertz CT molecular complexity index is 988. The summed E-state index contributed by atoms with van der Waals surface area (Å²) in [4.78, 5) is 14.1.